The van der Waals surface area contributed by atoms with E-state index in [0.717, 1.165) is 16.7 Å². The minimum Gasteiger partial charge on any atom is -0.356 e. The van der Waals surface area contributed by atoms with Gasteiger partial charge in [-0.25, -0.2) is 0 Å². The lowest BCUT2D eigenvalue weighted by molar-refractivity contribution is -0.134. The molecule has 1 aliphatic rings. The first kappa shape index (κ1) is 14.3. The number of piperazine rings is 1. The summed E-state index contributed by atoms with van der Waals surface area (Å²) in [6, 6.07) is 8.23. The highest BCUT2D eigenvalue weighted by Gasteiger charge is 2.36. The van der Waals surface area contributed by atoms with Crippen LogP contribution < -0.4 is 10.2 Å². The number of anilines is 1. The second kappa shape index (κ2) is 5.92. The molecule has 0 bridgehead atoms. The van der Waals surface area contributed by atoms with Crippen LogP contribution in [0.3, 0.4) is 0 Å². The predicted molar refractivity (Wildman–Crippen MR) is 81.4 cm³/mol. The van der Waals surface area contributed by atoms with Gasteiger partial charge in [0.15, 0.2) is 0 Å². The Hall–Kier alpha value is -1.07. The van der Waals surface area contributed by atoms with Gasteiger partial charge >= 0.3 is 0 Å². The molecule has 1 saturated heterocycles. The Morgan fingerprint density at radius 2 is 2.00 bits per heavy atom. The molecule has 1 N–H and O–H groups in total. The van der Waals surface area contributed by atoms with Crippen LogP contribution >= 0.6 is 15.9 Å². The van der Waals surface area contributed by atoms with Crippen molar-refractivity contribution in [1.29, 1.82) is 0 Å². The first-order valence-electron chi connectivity index (χ1n) is 6.48. The number of amides is 1. The van der Waals surface area contributed by atoms with Gasteiger partial charge < -0.3 is 15.1 Å². The molecule has 2 rings (SSSR count). The Morgan fingerprint density at radius 3 is 2.58 bits per heavy atom. The van der Waals surface area contributed by atoms with Crippen molar-refractivity contribution >= 4 is 27.5 Å². The van der Waals surface area contributed by atoms with Crippen molar-refractivity contribution in [2.45, 2.75) is 19.0 Å². The normalized spacial score (nSPS) is 23.9. The van der Waals surface area contributed by atoms with E-state index in [4.69, 9.17) is 0 Å². The molecular weight excluding hydrogens is 306 g/mol. The monoisotopic (exact) mass is 325 g/mol. The third-order valence-corrected chi connectivity index (χ3v) is 4.22. The zero-order valence-corrected chi connectivity index (χ0v) is 13.1. The van der Waals surface area contributed by atoms with Gasteiger partial charge in [-0.15, -0.1) is 0 Å². The number of likely N-dealkylation sites (N-methyl/N-ethyl adjacent to an activating group) is 2. The van der Waals surface area contributed by atoms with E-state index >= 15 is 0 Å². The molecule has 0 saturated carbocycles. The fourth-order valence-corrected chi connectivity index (χ4v) is 2.69. The Bertz CT molecular complexity index is 449. The van der Waals surface area contributed by atoms with Crippen LogP contribution in [0.1, 0.15) is 6.92 Å². The molecule has 1 amide bonds. The second-order valence-corrected chi connectivity index (χ2v) is 5.92. The van der Waals surface area contributed by atoms with Crippen molar-refractivity contribution in [3.63, 3.8) is 0 Å². The lowest BCUT2D eigenvalue weighted by atomic mass is 10.1. The van der Waals surface area contributed by atoms with Crippen molar-refractivity contribution in [1.82, 2.24) is 10.2 Å². The van der Waals surface area contributed by atoms with Crippen LogP contribution in [0.2, 0.25) is 0 Å². The zero-order valence-electron chi connectivity index (χ0n) is 11.6. The first-order chi connectivity index (χ1) is 9.04. The number of nitrogens with one attached hydrogen (secondary N) is 1. The Labute approximate surface area is 122 Å². The van der Waals surface area contributed by atoms with Crippen LogP contribution in [0, 0.1) is 0 Å². The van der Waals surface area contributed by atoms with Gasteiger partial charge in [0, 0.05) is 36.3 Å². The van der Waals surface area contributed by atoms with E-state index in [9.17, 15) is 4.79 Å². The van der Waals surface area contributed by atoms with Crippen LogP contribution in [0.5, 0.6) is 0 Å². The molecule has 0 spiro atoms. The van der Waals surface area contributed by atoms with Crippen molar-refractivity contribution in [3.8, 4) is 0 Å². The van der Waals surface area contributed by atoms with E-state index in [1.54, 1.807) is 0 Å². The third kappa shape index (κ3) is 2.92. The van der Waals surface area contributed by atoms with E-state index in [2.05, 4.69) is 45.2 Å². The van der Waals surface area contributed by atoms with Gasteiger partial charge in [-0.2, -0.15) is 0 Å². The lowest BCUT2D eigenvalue weighted by Gasteiger charge is -2.44. The molecule has 2 atom stereocenters. The predicted octanol–water partition coefficient (Wildman–Crippen LogP) is 1.70. The van der Waals surface area contributed by atoms with Crippen LogP contribution in [0.25, 0.3) is 0 Å². The molecule has 1 heterocycles. The minimum absolute atomic E-state index is 0.132. The summed E-state index contributed by atoms with van der Waals surface area (Å²) < 4.78 is 1.05. The highest BCUT2D eigenvalue weighted by atomic mass is 79.9. The average molecular weight is 326 g/mol. The van der Waals surface area contributed by atoms with Crippen molar-refractivity contribution in [3.05, 3.63) is 28.7 Å². The highest BCUT2D eigenvalue weighted by molar-refractivity contribution is 9.10. The van der Waals surface area contributed by atoms with Gasteiger partial charge in [0.25, 0.3) is 0 Å². The maximum atomic E-state index is 12.4. The number of hydrogen-bond acceptors (Lipinski definition) is 3. The molecule has 1 fully saturated rings. The Balaban J connectivity index is 2.29. The quantitative estimate of drug-likeness (QED) is 0.918. The van der Waals surface area contributed by atoms with E-state index in [1.807, 2.05) is 31.1 Å². The molecular formula is C14H20BrN3O. The number of rotatable bonds is 3. The number of benzene rings is 1. The van der Waals surface area contributed by atoms with E-state index in [-0.39, 0.29) is 18.0 Å². The summed E-state index contributed by atoms with van der Waals surface area (Å²) >= 11 is 3.44. The average Bonchev–Trinajstić information content (AvgIpc) is 2.40. The van der Waals surface area contributed by atoms with Crippen molar-refractivity contribution in [2.75, 3.05) is 32.1 Å². The molecule has 1 aromatic carbocycles. The van der Waals surface area contributed by atoms with E-state index < -0.39 is 0 Å². The Morgan fingerprint density at radius 1 is 1.37 bits per heavy atom. The van der Waals surface area contributed by atoms with Crippen LogP contribution in [-0.2, 0) is 4.79 Å². The molecule has 19 heavy (non-hydrogen) atoms. The van der Waals surface area contributed by atoms with Crippen molar-refractivity contribution < 1.29 is 4.79 Å². The summed E-state index contributed by atoms with van der Waals surface area (Å²) in [4.78, 5) is 16.4. The number of carbonyl (C=O) groups excluding carboxylic acids is 1. The summed E-state index contributed by atoms with van der Waals surface area (Å²) in [5.41, 5.74) is 1.09. The number of carbonyl (C=O) groups is 1. The molecule has 0 radical (unpaired) electrons. The van der Waals surface area contributed by atoms with Crippen LogP contribution in [0.4, 0.5) is 5.69 Å². The van der Waals surface area contributed by atoms with Crippen LogP contribution in [0.15, 0.2) is 28.7 Å². The van der Waals surface area contributed by atoms with Gasteiger partial charge in [-0.05, 0) is 38.2 Å². The summed E-state index contributed by atoms with van der Waals surface area (Å²) in [5, 5.41) is 3.12. The molecule has 2 unspecified atom stereocenters. The summed E-state index contributed by atoms with van der Waals surface area (Å²) in [6.07, 6.45) is 0. The SMILES string of the molecule is CNCC1C(=O)N(C)C(C)CN1c1ccc(Br)cc1. The van der Waals surface area contributed by atoms with Gasteiger partial charge in [0.05, 0.1) is 0 Å². The number of hydrogen-bond donors (Lipinski definition) is 1. The van der Waals surface area contributed by atoms with Crippen LogP contribution in [-0.4, -0.2) is 50.1 Å². The fourth-order valence-electron chi connectivity index (χ4n) is 2.43. The summed E-state index contributed by atoms with van der Waals surface area (Å²) in [7, 11) is 3.76. The molecule has 5 heteroatoms. The van der Waals surface area contributed by atoms with E-state index in [0.29, 0.717) is 6.54 Å². The smallest absolute Gasteiger partial charge is 0.246 e. The topological polar surface area (TPSA) is 35.6 Å². The molecule has 4 nitrogen and oxygen atoms in total. The van der Waals surface area contributed by atoms with Gasteiger partial charge in [0.2, 0.25) is 5.91 Å². The van der Waals surface area contributed by atoms with Gasteiger partial charge in [-0.3, -0.25) is 4.79 Å². The lowest BCUT2D eigenvalue weighted by Crippen LogP contribution is -2.62. The second-order valence-electron chi connectivity index (χ2n) is 5.00. The number of halogens is 1. The minimum atomic E-state index is -0.132. The fraction of sp³-hybridized carbons (Fsp3) is 0.500. The van der Waals surface area contributed by atoms with E-state index in [1.165, 1.54) is 0 Å². The standard InChI is InChI=1S/C14H20BrN3O/c1-10-9-18(12-6-4-11(15)5-7-12)13(8-16-2)14(19)17(10)3/h4-7,10,13,16H,8-9H2,1-3H3. The first-order valence-corrected chi connectivity index (χ1v) is 7.27. The maximum Gasteiger partial charge on any atom is 0.246 e. The molecule has 0 aromatic heterocycles. The largest absolute Gasteiger partial charge is 0.356 e. The molecule has 0 aliphatic carbocycles. The molecule has 1 aliphatic heterocycles. The molecule has 1 aromatic rings. The van der Waals surface area contributed by atoms with Crippen molar-refractivity contribution in [2.24, 2.45) is 0 Å². The number of nitrogens with zero attached hydrogens (tertiary/aromatic N) is 2. The highest BCUT2D eigenvalue weighted by Crippen LogP contribution is 2.25. The summed E-state index contributed by atoms with van der Waals surface area (Å²) in [6.45, 7) is 3.60. The zero-order chi connectivity index (χ0) is 14.0. The summed E-state index contributed by atoms with van der Waals surface area (Å²) in [5.74, 6) is 0.177. The van der Waals surface area contributed by atoms with Gasteiger partial charge in [-0.1, -0.05) is 15.9 Å². The molecule has 104 valence electrons. The Kier molecular flexibility index (Phi) is 4.47. The maximum absolute atomic E-state index is 12.4. The van der Waals surface area contributed by atoms with Gasteiger partial charge in [0.1, 0.15) is 6.04 Å². The third-order valence-electron chi connectivity index (χ3n) is 3.69.